The fourth-order valence-corrected chi connectivity index (χ4v) is 19.4. The van der Waals surface area contributed by atoms with E-state index < -0.39 is 0 Å². The van der Waals surface area contributed by atoms with Gasteiger partial charge in [0.1, 0.15) is 44.7 Å². The summed E-state index contributed by atoms with van der Waals surface area (Å²) in [6.07, 6.45) is 12.8. The Morgan fingerprint density at radius 2 is 0.482 bits per heavy atom. The number of aromatic nitrogens is 6. The molecule has 14 aromatic carbocycles. The van der Waals surface area contributed by atoms with E-state index in [2.05, 4.69) is 194 Å². The van der Waals surface area contributed by atoms with Gasteiger partial charge in [0.25, 0.3) is 0 Å². The van der Waals surface area contributed by atoms with Gasteiger partial charge in [-0.3, -0.25) is 0 Å². The molecule has 24 rings (SSSR count). The van der Waals surface area contributed by atoms with Crippen molar-refractivity contribution >= 4 is 87.8 Å². The molecule has 532 valence electrons. The number of para-hydroxylation sites is 6. The first-order valence-electron chi connectivity index (χ1n) is 39.3. The Morgan fingerprint density at radius 1 is 0.188 bits per heavy atom. The second-order valence-corrected chi connectivity index (χ2v) is 30.8. The first-order chi connectivity index (χ1) is 55.4. The lowest BCUT2D eigenvalue weighted by molar-refractivity contribution is 0.353. The zero-order valence-corrected chi connectivity index (χ0v) is 61.3. The molecule has 112 heavy (non-hydrogen) atoms. The van der Waals surface area contributed by atoms with Gasteiger partial charge >= 0.3 is 0 Å². The lowest BCUT2D eigenvalue weighted by atomic mass is 9.68. The Morgan fingerprint density at radius 3 is 0.911 bits per heavy atom. The second kappa shape index (κ2) is 25.4. The Kier molecular flexibility index (Phi) is 14.6. The van der Waals surface area contributed by atoms with Crippen LogP contribution in [0.25, 0.3) is 201 Å². The summed E-state index contributed by atoms with van der Waals surface area (Å²) in [6.45, 7) is 0. The average molecular weight is 1440 g/mol. The average Bonchev–Trinajstić information content (AvgIpc) is 1.58. The van der Waals surface area contributed by atoms with Gasteiger partial charge in [0.05, 0.1) is 11.1 Å². The van der Waals surface area contributed by atoms with Crippen molar-refractivity contribution in [2.45, 2.75) is 75.0 Å². The molecule has 10 nitrogen and oxygen atoms in total. The summed E-state index contributed by atoms with van der Waals surface area (Å²) in [5.41, 5.74) is 28.3. The van der Waals surface area contributed by atoms with Gasteiger partial charge in [0, 0.05) is 76.2 Å². The van der Waals surface area contributed by atoms with Gasteiger partial charge in [-0.2, -0.15) is 0 Å². The molecule has 0 saturated heterocycles. The van der Waals surface area contributed by atoms with Gasteiger partial charge in [0.2, 0.25) is 0 Å². The molecule has 0 aliphatic heterocycles. The predicted molar refractivity (Wildman–Crippen MR) is 451 cm³/mol. The minimum Gasteiger partial charge on any atom is -0.456 e. The Bertz CT molecular complexity index is 6970. The fourth-order valence-electron chi connectivity index (χ4n) is 19.4. The molecule has 6 aromatic heterocycles. The van der Waals surface area contributed by atoms with Crippen LogP contribution in [0.4, 0.5) is 0 Å². The summed E-state index contributed by atoms with van der Waals surface area (Å²) in [4.78, 5) is 30.7. The summed E-state index contributed by atoms with van der Waals surface area (Å²) in [5.74, 6) is 3.43. The van der Waals surface area contributed by atoms with Crippen LogP contribution in [0.1, 0.15) is 86.5 Å². The lowest BCUT2D eigenvalue weighted by Gasteiger charge is -2.36. The minimum absolute atomic E-state index is 0.153. The van der Waals surface area contributed by atoms with Crippen LogP contribution in [-0.4, -0.2) is 29.9 Å². The van der Waals surface area contributed by atoms with Crippen LogP contribution < -0.4 is 0 Å². The Balaban J connectivity index is 0.000000134. The van der Waals surface area contributed by atoms with Crippen LogP contribution >= 0.6 is 0 Å². The number of rotatable bonds is 8. The molecule has 0 atom stereocenters. The van der Waals surface area contributed by atoms with Crippen molar-refractivity contribution in [2.75, 3.05) is 0 Å². The van der Waals surface area contributed by atoms with Crippen LogP contribution in [-0.2, 0) is 10.8 Å². The van der Waals surface area contributed by atoms with Crippen molar-refractivity contribution in [3.63, 3.8) is 0 Å². The van der Waals surface area contributed by atoms with E-state index in [4.69, 9.17) is 47.6 Å². The van der Waals surface area contributed by atoms with E-state index in [1.807, 2.05) is 109 Å². The Labute approximate surface area is 644 Å². The molecule has 10 heteroatoms. The summed E-state index contributed by atoms with van der Waals surface area (Å²) < 4.78 is 25.5. The van der Waals surface area contributed by atoms with Crippen LogP contribution in [0.15, 0.2) is 321 Å². The Hall–Kier alpha value is -13.7. The van der Waals surface area contributed by atoms with Crippen LogP contribution in [0.5, 0.6) is 0 Å². The van der Waals surface area contributed by atoms with Crippen LogP contribution in [0, 0.1) is 0 Å². The molecule has 2 fully saturated rings. The fraction of sp³-hybridized carbons (Fsp3) is 0.118. The highest BCUT2D eigenvalue weighted by atomic mass is 16.3. The maximum atomic E-state index is 6.48. The van der Waals surface area contributed by atoms with Crippen LogP contribution in [0.2, 0.25) is 0 Å². The summed E-state index contributed by atoms with van der Waals surface area (Å²) in [5, 5.41) is 8.48. The third-order valence-corrected chi connectivity index (χ3v) is 24.7. The van der Waals surface area contributed by atoms with Gasteiger partial charge < -0.3 is 17.7 Å². The highest BCUT2D eigenvalue weighted by molar-refractivity contribution is 6.11. The smallest absolute Gasteiger partial charge is 0.167 e. The molecule has 0 unspecified atom stereocenters. The number of hydrogen-bond donors (Lipinski definition) is 0. The summed E-state index contributed by atoms with van der Waals surface area (Å²) in [7, 11) is 0. The normalized spacial score (nSPS) is 14.6. The monoisotopic (exact) mass is 1440 g/mol. The molecule has 0 N–H and O–H groups in total. The second-order valence-electron chi connectivity index (χ2n) is 30.8. The van der Waals surface area contributed by atoms with Gasteiger partial charge in [-0.25, -0.2) is 29.9 Å². The van der Waals surface area contributed by atoms with Gasteiger partial charge in [-0.05, 0) is 165 Å². The molecule has 0 amide bonds. The topological polar surface area (TPSA) is 130 Å². The van der Waals surface area contributed by atoms with E-state index in [1.165, 1.54) is 125 Å². The SMILES string of the molecule is c1ccc2c(c1)-c1cc(-c3ccc(-c4nc(-c5ccc6c(c5)oc5ccccc56)nc(-c5ccc6c(c5)oc5ccccc56)n4)cc3)ccc1C21CCCCC1.c1ccc2c(c1)-c1cc(-c3ccc(-c4nc(-c5cccc6c5oc5ccccc56)nc(-c5cccc6c5oc5ccccc56)n4)cc3)ccc1C21CCCCC1. The number of nitrogens with zero attached hydrogens (tertiary/aromatic N) is 6. The van der Waals surface area contributed by atoms with Crippen LogP contribution in [0.3, 0.4) is 0 Å². The zero-order valence-electron chi connectivity index (χ0n) is 61.3. The molecule has 2 spiro atoms. The number of fused-ring (bicyclic) bond motifs is 22. The molecule has 2 saturated carbocycles. The van der Waals surface area contributed by atoms with E-state index in [9.17, 15) is 0 Å². The van der Waals surface area contributed by atoms with E-state index >= 15 is 0 Å². The van der Waals surface area contributed by atoms with Crippen molar-refractivity contribution in [2.24, 2.45) is 0 Å². The van der Waals surface area contributed by atoms with Crippen molar-refractivity contribution in [1.82, 2.24) is 29.9 Å². The third-order valence-electron chi connectivity index (χ3n) is 24.7. The number of furan rings is 4. The molecule has 20 aromatic rings. The number of benzene rings is 14. The predicted octanol–water partition coefficient (Wildman–Crippen LogP) is 27.1. The summed E-state index contributed by atoms with van der Waals surface area (Å²) in [6, 6.07) is 107. The van der Waals surface area contributed by atoms with Crippen molar-refractivity contribution in [3.05, 3.63) is 326 Å². The maximum Gasteiger partial charge on any atom is 0.167 e. The highest BCUT2D eigenvalue weighted by Gasteiger charge is 2.45. The van der Waals surface area contributed by atoms with Gasteiger partial charge in [0.15, 0.2) is 34.9 Å². The molecule has 0 radical (unpaired) electrons. The summed E-state index contributed by atoms with van der Waals surface area (Å²) >= 11 is 0. The molecule has 6 heterocycles. The molecule has 4 aliphatic carbocycles. The third kappa shape index (κ3) is 10.2. The molecular weight excluding hydrogens is 1370 g/mol. The van der Waals surface area contributed by atoms with Crippen molar-refractivity contribution < 1.29 is 17.7 Å². The quantitative estimate of drug-likeness (QED) is 0.145. The zero-order chi connectivity index (χ0) is 73.6. The van der Waals surface area contributed by atoms with Crippen molar-refractivity contribution in [1.29, 1.82) is 0 Å². The van der Waals surface area contributed by atoms with Crippen molar-refractivity contribution in [3.8, 4) is 113 Å². The van der Waals surface area contributed by atoms with E-state index in [0.717, 1.165) is 127 Å². The number of hydrogen-bond acceptors (Lipinski definition) is 10. The maximum absolute atomic E-state index is 6.48. The minimum atomic E-state index is 0.153. The molecule has 4 aliphatic rings. The van der Waals surface area contributed by atoms with Gasteiger partial charge in [-0.1, -0.05) is 269 Å². The van der Waals surface area contributed by atoms with E-state index in [1.54, 1.807) is 0 Å². The first-order valence-corrected chi connectivity index (χ1v) is 39.3. The van der Waals surface area contributed by atoms with Gasteiger partial charge in [-0.15, -0.1) is 0 Å². The standard InChI is InChI=1S/2C51H35N3O2/c1-8-28-51(29-9-1)42-19-5-2-12-34(42)41-30-33(26-27-43(41)51)31-22-24-32(25-23-31)48-52-49(39-17-10-15-37-35-13-3-6-20-44(35)55-46(37)39)54-50(53-48)40-18-11-16-38-36-14-4-7-21-45(36)56-47(38)40;1-8-26-51(27-9-1)42-13-5-2-10-36(42)41-28-33(22-25-43(41)51)31-16-18-32(19-17-31)48-52-49(34-20-23-39-37-11-3-6-14-44(37)55-46(39)29-34)54-50(53-48)35-21-24-40-38-12-4-7-15-45(38)56-47(40)30-35/h2-7,10-27,30H,1,8-9,28-29H2;2-7,10-25,28-30H,1,8-9,26-27H2. The lowest BCUT2D eigenvalue weighted by Crippen LogP contribution is -2.27. The first kappa shape index (κ1) is 64.3. The largest absolute Gasteiger partial charge is 0.456 e. The highest BCUT2D eigenvalue weighted by Crippen LogP contribution is 2.58. The molecule has 0 bridgehead atoms. The van der Waals surface area contributed by atoms with E-state index in [-0.39, 0.29) is 10.8 Å². The molecular formula is C102H70N6O4. The van der Waals surface area contributed by atoms with E-state index in [0.29, 0.717) is 34.9 Å².